The number of alkyl carbamates (subject to hydrolysis) is 1. The molecule has 0 radical (unpaired) electrons. The average Bonchev–Trinajstić information content (AvgIpc) is 2.67. The summed E-state index contributed by atoms with van der Waals surface area (Å²) < 4.78 is 5.15. The van der Waals surface area contributed by atoms with Gasteiger partial charge in [-0.05, 0) is 36.8 Å². The average molecular weight is 344 g/mol. The van der Waals surface area contributed by atoms with Gasteiger partial charge in [0.05, 0.1) is 5.52 Å². The van der Waals surface area contributed by atoms with Gasteiger partial charge in [-0.2, -0.15) is 0 Å². The van der Waals surface area contributed by atoms with Crippen molar-refractivity contribution in [3.8, 4) is 11.8 Å². The summed E-state index contributed by atoms with van der Waals surface area (Å²) in [6.45, 7) is 2.70. The summed E-state index contributed by atoms with van der Waals surface area (Å²) in [7, 11) is 0. The predicted molar refractivity (Wildman–Crippen MR) is 103 cm³/mol. The lowest BCUT2D eigenvalue weighted by atomic mass is 10.1. The third-order valence-electron chi connectivity index (χ3n) is 3.79. The first kappa shape index (κ1) is 17.5. The first-order valence-electron chi connectivity index (χ1n) is 8.51. The van der Waals surface area contributed by atoms with Crippen molar-refractivity contribution < 1.29 is 9.53 Å². The lowest BCUT2D eigenvalue weighted by molar-refractivity contribution is 0.140. The number of fused-ring (bicyclic) bond motifs is 1. The number of hydrogen-bond donors (Lipinski definition) is 1. The summed E-state index contributed by atoms with van der Waals surface area (Å²) in [5.41, 5.74) is 3.87. The number of pyridine rings is 1. The van der Waals surface area contributed by atoms with Gasteiger partial charge < -0.3 is 10.1 Å². The van der Waals surface area contributed by atoms with Crippen molar-refractivity contribution in [2.75, 3.05) is 6.54 Å². The summed E-state index contributed by atoms with van der Waals surface area (Å²) in [6.07, 6.45) is 0.132. The highest BCUT2D eigenvalue weighted by Crippen LogP contribution is 2.14. The Morgan fingerprint density at radius 1 is 1.12 bits per heavy atom. The second kappa shape index (κ2) is 8.68. The first-order valence-corrected chi connectivity index (χ1v) is 8.51. The van der Waals surface area contributed by atoms with Crippen LogP contribution in [0.25, 0.3) is 10.9 Å². The molecule has 130 valence electrons. The van der Waals surface area contributed by atoms with Crippen LogP contribution in [-0.4, -0.2) is 17.6 Å². The highest BCUT2D eigenvalue weighted by molar-refractivity contribution is 5.80. The van der Waals surface area contributed by atoms with Crippen LogP contribution in [0.3, 0.4) is 0 Å². The van der Waals surface area contributed by atoms with Crippen molar-refractivity contribution >= 4 is 17.0 Å². The van der Waals surface area contributed by atoms with E-state index in [0.717, 1.165) is 27.7 Å². The van der Waals surface area contributed by atoms with E-state index >= 15 is 0 Å². The van der Waals surface area contributed by atoms with Gasteiger partial charge in [-0.1, -0.05) is 48.2 Å². The van der Waals surface area contributed by atoms with Crippen LogP contribution < -0.4 is 5.32 Å². The zero-order valence-corrected chi connectivity index (χ0v) is 14.7. The number of rotatable bonds is 4. The van der Waals surface area contributed by atoms with Crippen LogP contribution in [-0.2, 0) is 11.3 Å². The molecule has 1 aromatic heterocycles. The molecule has 2 aromatic carbocycles. The summed E-state index contributed by atoms with van der Waals surface area (Å²) in [5, 5.41) is 3.78. The number of ether oxygens (including phenoxy) is 1. The van der Waals surface area contributed by atoms with E-state index in [1.54, 1.807) is 0 Å². The largest absolute Gasteiger partial charge is 0.445 e. The summed E-state index contributed by atoms with van der Waals surface area (Å²) in [4.78, 5) is 16.1. The van der Waals surface area contributed by atoms with E-state index in [4.69, 9.17) is 4.74 Å². The Morgan fingerprint density at radius 2 is 1.96 bits per heavy atom. The standard InChI is InChI=1S/C22H20N2O2/c1-17-10-12-20-15-18(11-13-21(20)24-17)7-5-6-14-23-22(25)26-16-19-8-3-2-4-9-19/h2-4,8-13,15H,6,14,16H2,1H3,(H,23,25). The highest BCUT2D eigenvalue weighted by atomic mass is 16.5. The van der Waals surface area contributed by atoms with Crippen LogP contribution in [0.1, 0.15) is 23.2 Å². The van der Waals surface area contributed by atoms with E-state index in [1.807, 2.05) is 67.6 Å². The molecule has 26 heavy (non-hydrogen) atoms. The first-order chi connectivity index (χ1) is 12.7. The quantitative estimate of drug-likeness (QED) is 0.570. The lowest BCUT2D eigenvalue weighted by Gasteiger charge is -2.05. The Morgan fingerprint density at radius 3 is 2.81 bits per heavy atom. The summed E-state index contributed by atoms with van der Waals surface area (Å²) in [5.74, 6) is 6.18. The van der Waals surface area contributed by atoms with Crippen LogP contribution in [0.5, 0.6) is 0 Å². The van der Waals surface area contributed by atoms with E-state index in [1.165, 1.54) is 0 Å². The molecule has 0 atom stereocenters. The number of hydrogen-bond acceptors (Lipinski definition) is 3. The maximum atomic E-state index is 11.6. The number of amides is 1. The van der Waals surface area contributed by atoms with E-state index < -0.39 is 6.09 Å². The molecule has 1 heterocycles. The molecule has 1 amide bonds. The molecule has 0 unspecified atom stereocenters. The predicted octanol–water partition coefficient (Wildman–Crippen LogP) is 4.21. The van der Waals surface area contributed by atoms with Gasteiger partial charge in [0.2, 0.25) is 0 Å². The van der Waals surface area contributed by atoms with Crippen LogP contribution in [0.4, 0.5) is 4.79 Å². The molecule has 0 fully saturated rings. The number of carbonyl (C=O) groups excluding carboxylic acids is 1. The number of nitrogens with one attached hydrogen (secondary N) is 1. The minimum Gasteiger partial charge on any atom is -0.445 e. The van der Waals surface area contributed by atoms with Gasteiger partial charge in [-0.3, -0.25) is 4.98 Å². The third-order valence-corrected chi connectivity index (χ3v) is 3.79. The fourth-order valence-electron chi connectivity index (χ4n) is 2.47. The molecule has 0 saturated carbocycles. The van der Waals surface area contributed by atoms with Crippen LogP contribution in [0.15, 0.2) is 60.7 Å². The number of nitrogens with zero attached hydrogens (tertiary/aromatic N) is 1. The van der Waals surface area contributed by atoms with Gasteiger partial charge in [0.25, 0.3) is 0 Å². The molecular formula is C22H20N2O2. The van der Waals surface area contributed by atoms with Gasteiger partial charge in [0.1, 0.15) is 6.61 Å². The lowest BCUT2D eigenvalue weighted by Crippen LogP contribution is -2.24. The van der Waals surface area contributed by atoms with Gasteiger partial charge in [0.15, 0.2) is 0 Å². The zero-order valence-electron chi connectivity index (χ0n) is 14.7. The Balaban J connectivity index is 1.44. The molecule has 4 heteroatoms. The molecule has 1 N–H and O–H groups in total. The monoisotopic (exact) mass is 344 g/mol. The zero-order chi connectivity index (χ0) is 18.2. The molecule has 0 saturated heterocycles. The summed E-state index contributed by atoms with van der Waals surface area (Å²) >= 11 is 0. The fourth-order valence-corrected chi connectivity index (χ4v) is 2.47. The SMILES string of the molecule is Cc1ccc2cc(C#CCCNC(=O)OCc3ccccc3)ccc2n1. The van der Waals surface area contributed by atoms with Gasteiger partial charge >= 0.3 is 6.09 Å². The molecular weight excluding hydrogens is 324 g/mol. The molecule has 0 aliphatic carbocycles. The minimum atomic E-state index is -0.428. The van der Waals surface area contributed by atoms with Crippen molar-refractivity contribution in [3.63, 3.8) is 0 Å². The Hall–Kier alpha value is -3.32. The van der Waals surface area contributed by atoms with E-state index in [-0.39, 0.29) is 6.61 Å². The van der Waals surface area contributed by atoms with Crippen LogP contribution in [0, 0.1) is 18.8 Å². The third kappa shape index (κ3) is 5.09. The van der Waals surface area contributed by atoms with Gasteiger partial charge in [0, 0.05) is 29.6 Å². The van der Waals surface area contributed by atoms with E-state index in [9.17, 15) is 4.79 Å². The van der Waals surface area contributed by atoms with Gasteiger partial charge in [-0.25, -0.2) is 4.79 Å². The molecule has 0 aliphatic heterocycles. The second-order valence-electron chi connectivity index (χ2n) is 5.90. The maximum Gasteiger partial charge on any atom is 0.407 e. The number of carbonyl (C=O) groups is 1. The molecule has 0 bridgehead atoms. The number of aryl methyl sites for hydroxylation is 1. The van der Waals surface area contributed by atoms with Crippen molar-refractivity contribution in [3.05, 3.63) is 77.5 Å². The van der Waals surface area contributed by atoms with Crippen molar-refractivity contribution in [2.45, 2.75) is 20.0 Å². The second-order valence-corrected chi connectivity index (χ2v) is 5.90. The van der Waals surface area contributed by atoms with Crippen molar-refractivity contribution in [1.82, 2.24) is 10.3 Å². The van der Waals surface area contributed by atoms with Crippen molar-refractivity contribution in [2.24, 2.45) is 0 Å². The van der Waals surface area contributed by atoms with Gasteiger partial charge in [-0.15, -0.1) is 0 Å². The fraction of sp³-hybridized carbons (Fsp3) is 0.182. The highest BCUT2D eigenvalue weighted by Gasteiger charge is 2.01. The van der Waals surface area contributed by atoms with Crippen LogP contribution >= 0.6 is 0 Å². The molecule has 3 aromatic rings. The van der Waals surface area contributed by atoms with E-state index in [2.05, 4.69) is 22.1 Å². The smallest absolute Gasteiger partial charge is 0.407 e. The number of aromatic nitrogens is 1. The topological polar surface area (TPSA) is 51.2 Å². The molecule has 0 spiro atoms. The van der Waals surface area contributed by atoms with Crippen molar-refractivity contribution in [1.29, 1.82) is 0 Å². The number of benzene rings is 2. The maximum absolute atomic E-state index is 11.6. The van der Waals surface area contributed by atoms with Crippen LogP contribution in [0.2, 0.25) is 0 Å². The molecule has 4 nitrogen and oxygen atoms in total. The van der Waals surface area contributed by atoms with E-state index in [0.29, 0.717) is 13.0 Å². The minimum absolute atomic E-state index is 0.267. The Kier molecular flexibility index (Phi) is 5.84. The Bertz CT molecular complexity index is 956. The Labute approximate surface area is 153 Å². The summed E-state index contributed by atoms with van der Waals surface area (Å²) in [6, 6.07) is 19.6. The molecule has 0 aliphatic rings. The normalized spacial score (nSPS) is 10.0. The molecule has 3 rings (SSSR count).